The molecule has 0 saturated heterocycles. The van der Waals surface area contributed by atoms with Crippen LogP contribution in [-0.2, 0) is 36.8 Å². The number of phenolic OH excluding ortho intramolecular Hbond substituents is 2. The summed E-state index contributed by atoms with van der Waals surface area (Å²) in [7, 11) is 0. The fraction of sp³-hybridized carbons (Fsp3) is 0.370. The molecule has 0 aliphatic carbocycles. The van der Waals surface area contributed by atoms with E-state index >= 15 is 0 Å². The lowest BCUT2D eigenvalue weighted by Crippen LogP contribution is -2.58. The Balaban J connectivity index is 2.33. The van der Waals surface area contributed by atoms with E-state index in [1.807, 2.05) is 6.26 Å². The maximum Gasteiger partial charge on any atom is 0.326 e. The second kappa shape index (κ2) is 16.1. The molecule has 2 aromatic carbocycles. The molecule has 0 radical (unpaired) electrons. The zero-order valence-electron chi connectivity index (χ0n) is 22.3. The number of hydrogen-bond donors (Lipinski definition) is 8. The molecule has 13 nitrogen and oxygen atoms in total. The first-order chi connectivity index (χ1) is 19.4. The van der Waals surface area contributed by atoms with Crippen molar-refractivity contribution in [1.82, 2.24) is 16.0 Å². The second-order valence-electron chi connectivity index (χ2n) is 9.25. The Morgan fingerprint density at radius 1 is 0.732 bits per heavy atom. The van der Waals surface area contributed by atoms with Gasteiger partial charge in [0.2, 0.25) is 17.7 Å². The molecule has 4 unspecified atom stereocenters. The zero-order chi connectivity index (χ0) is 30.5. The van der Waals surface area contributed by atoms with E-state index < -0.39 is 60.2 Å². The fourth-order valence-electron chi connectivity index (χ4n) is 3.73. The van der Waals surface area contributed by atoms with Crippen molar-refractivity contribution in [2.24, 2.45) is 5.73 Å². The van der Waals surface area contributed by atoms with Gasteiger partial charge in [-0.25, -0.2) is 4.79 Å². The molecular weight excluding hydrogens is 556 g/mol. The van der Waals surface area contributed by atoms with Crippen molar-refractivity contribution in [2.75, 3.05) is 12.0 Å². The summed E-state index contributed by atoms with van der Waals surface area (Å²) in [6, 6.07) is 6.38. The predicted octanol–water partition coefficient (Wildman–Crippen LogP) is -0.0229. The van der Waals surface area contributed by atoms with Gasteiger partial charge in [-0.15, -0.1) is 0 Å². The third-order valence-electron chi connectivity index (χ3n) is 5.98. The van der Waals surface area contributed by atoms with Gasteiger partial charge in [0.1, 0.15) is 29.6 Å². The molecule has 0 bridgehead atoms. The number of thioether (sulfide) groups is 1. The SMILES string of the molecule is CSCCC(N)C(=O)NC(Cc1ccc(O)cc1)C(=O)NC(Cc1ccc(O)cc1)C(=O)NC(CC(=O)O)C(=O)O. The number of rotatable bonds is 16. The summed E-state index contributed by atoms with van der Waals surface area (Å²) >= 11 is 1.50. The van der Waals surface area contributed by atoms with Crippen molar-refractivity contribution in [3.05, 3.63) is 59.7 Å². The van der Waals surface area contributed by atoms with Crippen molar-refractivity contribution < 1.29 is 44.4 Å². The third kappa shape index (κ3) is 11.4. The first-order valence-corrected chi connectivity index (χ1v) is 13.9. The van der Waals surface area contributed by atoms with Gasteiger partial charge in [0.15, 0.2) is 0 Å². The lowest BCUT2D eigenvalue weighted by molar-refractivity contribution is -0.147. The second-order valence-corrected chi connectivity index (χ2v) is 10.2. The highest BCUT2D eigenvalue weighted by molar-refractivity contribution is 7.98. The smallest absolute Gasteiger partial charge is 0.326 e. The molecule has 0 aliphatic rings. The average Bonchev–Trinajstić information content (AvgIpc) is 2.92. The molecule has 0 heterocycles. The zero-order valence-corrected chi connectivity index (χ0v) is 23.1. The molecule has 9 N–H and O–H groups in total. The minimum atomic E-state index is -1.76. The van der Waals surface area contributed by atoms with Crippen molar-refractivity contribution in [3.8, 4) is 11.5 Å². The number of amides is 3. The quantitative estimate of drug-likeness (QED) is 0.129. The number of nitrogens with one attached hydrogen (secondary N) is 3. The van der Waals surface area contributed by atoms with Gasteiger partial charge in [-0.3, -0.25) is 19.2 Å². The number of nitrogens with two attached hydrogens (primary N) is 1. The maximum atomic E-state index is 13.5. The van der Waals surface area contributed by atoms with Crippen molar-refractivity contribution >= 4 is 41.4 Å². The van der Waals surface area contributed by atoms with E-state index in [0.29, 0.717) is 23.3 Å². The van der Waals surface area contributed by atoms with Crippen LogP contribution in [0.1, 0.15) is 24.0 Å². The normalized spacial score (nSPS) is 13.7. The van der Waals surface area contributed by atoms with Crippen LogP contribution < -0.4 is 21.7 Å². The highest BCUT2D eigenvalue weighted by Gasteiger charge is 2.31. The van der Waals surface area contributed by atoms with E-state index in [1.165, 1.54) is 48.2 Å². The summed E-state index contributed by atoms with van der Waals surface area (Å²) in [4.78, 5) is 62.1. The third-order valence-corrected chi connectivity index (χ3v) is 6.63. The molecule has 0 saturated carbocycles. The summed E-state index contributed by atoms with van der Waals surface area (Å²) in [6.45, 7) is 0. The summed E-state index contributed by atoms with van der Waals surface area (Å²) in [5, 5.41) is 44.9. The van der Waals surface area contributed by atoms with Crippen LogP contribution >= 0.6 is 11.8 Å². The fourth-order valence-corrected chi connectivity index (χ4v) is 4.22. The molecular formula is C27H34N4O9S. The highest BCUT2D eigenvalue weighted by atomic mass is 32.2. The molecule has 3 amide bonds. The summed E-state index contributed by atoms with van der Waals surface area (Å²) in [6.07, 6.45) is 1.14. The maximum absolute atomic E-state index is 13.5. The number of carbonyl (C=O) groups excluding carboxylic acids is 3. The van der Waals surface area contributed by atoms with E-state index in [4.69, 9.17) is 10.8 Å². The molecule has 0 aromatic heterocycles. The van der Waals surface area contributed by atoms with Crippen molar-refractivity contribution in [3.63, 3.8) is 0 Å². The number of carbonyl (C=O) groups is 5. The van der Waals surface area contributed by atoms with Crippen molar-refractivity contribution in [1.29, 1.82) is 0 Å². The molecule has 14 heteroatoms. The molecule has 0 fully saturated rings. The van der Waals surface area contributed by atoms with Crippen molar-refractivity contribution in [2.45, 2.75) is 49.9 Å². The molecule has 0 aliphatic heterocycles. The van der Waals surface area contributed by atoms with E-state index in [2.05, 4.69) is 16.0 Å². The minimum Gasteiger partial charge on any atom is -0.508 e. The standard InChI is InChI=1S/C27H34N4O9S/c1-41-11-10-19(28)24(36)29-20(12-15-2-6-17(32)7-3-15)25(37)30-21(13-16-4-8-18(33)9-5-16)26(38)31-22(27(39)40)14-23(34)35/h2-9,19-22,32-33H,10-14,28H2,1H3,(H,29,36)(H,30,37)(H,31,38)(H,34,35)(H,39,40). The van der Waals surface area contributed by atoms with Gasteiger partial charge in [0.25, 0.3) is 0 Å². The molecule has 2 aromatic rings. The van der Waals surface area contributed by atoms with Crippen LogP contribution in [0.5, 0.6) is 11.5 Å². The lowest BCUT2D eigenvalue weighted by atomic mass is 10.0. The molecule has 0 spiro atoms. The van der Waals surface area contributed by atoms with Crippen LogP contribution in [0, 0.1) is 0 Å². The number of hydrogen-bond acceptors (Lipinski definition) is 9. The van der Waals surface area contributed by atoms with E-state index in [9.17, 15) is 39.3 Å². The Kier molecular flexibility index (Phi) is 12.9. The topological polar surface area (TPSA) is 228 Å². The van der Waals surface area contributed by atoms with Crippen LogP contribution in [0.4, 0.5) is 0 Å². The number of phenols is 2. The first kappa shape index (κ1) is 32.9. The van der Waals surface area contributed by atoms with Crippen LogP contribution in [-0.4, -0.2) is 86.3 Å². The Hall–Kier alpha value is -4.30. The van der Waals surface area contributed by atoms with Crippen LogP contribution in [0.25, 0.3) is 0 Å². The van der Waals surface area contributed by atoms with Gasteiger partial charge >= 0.3 is 11.9 Å². The Bertz CT molecular complexity index is 1210. The van der Waals surface area contributed by atoms with Gasteiger partial charge in [-0.2, -0.15) is 11.8 Å². The molecule has 2 rings (SSSR count). The van der Waals surface area contributed by atoms with Crippen LogP contribution in [0.2, 0.25) is 0 Å². The highest BCUT2D eigenvalue weighted by Crippen LogP contribution is 2.14. The Labute approximate surface area is 240 Å². The number of aliphatic carboxylic acids is 2. The first-order valence-electron chi connectivity index (χ1n) is 12.6. The van der Waals surface area contributed by atoms with Gasteiger partial charge in [0.05, 0.1) is 12.5 Å². The Morgan fingerprint density at radius 2 is 1.15 bits per heavy atom. The lowest BCUT2D eigenvalue weighted by Gasteiger charge is -2.25. The average molecular weight is 591 g/mol. The van der Waals surface area contributed by atoms with Gasteiger partial charge in [-0.05, 0) is 53.8 Å². The number of benzene rings is 2. The number of carboxylic acids is 2. The van der Waals surface area contributed by atoms with Gasteiger partial charge in [0, 0.05) is 12.8 Å². The summed E-state index contributed by atoms with van der Waals surface area (Å²) in [5.74, 6) is -4.81. The number of carboxylic acid groups (broad SMARTS) is 2. The largest absolute Gasteiger partial charge is 0.508 e. The summed E-state index contributed by atoms with van der Waals surface area (Å²) < 4.78 is 0. The molecule has 41 heavy (non-hydrogen) atoms. The van der Waals surface area contributed by atoms with Gasteiger partial charge in [-0.1, -0.05) is 24.3 Å². The van der Waals surface area contributed by atoms with E-state index in [0.717, 1.165) is 0 Å². The van der Waals surface area contributed by atoms with Crippen LogP contribution in [0.15, 0.2) is 48.5 Å². The van der Waals surface area contributed by atoms with Crippen LogP contribution in [0.3, 0.4) is 0 Å². The summed E-state index contributed by atoms with van der Waals surface area (Å²) in [5.41, 5.74) is 7.04. The van der Waals surface area contributed by atoms with E-state index in [-0.39, 0.29) is 24.3 Å². The molecule has 222 valence electrons. The number of aromatic hydroxyl groups is 2. The van der Waals surface area contributed by atoms with E-state index in [1.54, 1.807) is 12.1 Å². The minimum absolute atomic E-state index is 0.00199. The molecule has 4 atom stereocenters. The van der Waals surface area contributed by atoms with Gasteiger partial charge < -0.3 is 42.1 Å². The Morgan fingerprint density at radius 3 is 1.54 bits per heavy atom. The monoisotopic (exact) mass is 590 g/mol. The predicted molar refractivity (Wildman–Crippen MR) is 150 cm³/mol.